The van der Waals surface area contributed by atoms with Crippen LogP contribution in [0.2, 0.25) is 0 Å². The molecule has 1 aliphatic heterocycles. The molecule has 9 heteroatoms. The number of alkyl halides is 3. The van der Waals surface area contributed by atoms with Crippen molar-refractivity contribution in [2.45, 2.75) is 45.0 Å². The van der Waals surface area contributed by atoms with Crippen LogP contribution in [0, 0.1) is 6.92 Å². The molecule has 3 aromatic rings. The van der Waals surface area contributed by atoms with Gasteiger partial charge in [-0.05, 0) is 79.6 Å². The molecule has 1 amide bonds. The highest BCUT2D eigenvalue weighted by atomic mass is 19.4. The molecule has 1 fully saturated rings. The molecule has 2 heterocycles. The average molecular weight is 498 g/mol. The van der Waals surface area contributed by atoms with E-state index in [1.54, 1.807) is 19.5 Å². The number of carbonyl (C=O) groups excluding carboxylic acids is 1. The predicted molar refractivity (Wildman–Crippen MR) is 128 cm³/mol. The summed E-state index contributed by atoms with van der Waals surface area (Å²) >= 11 is 0. The molecule has 0 unspecified atom stereocenters. The van der Waals surface area contributed by atoms with Crippen LogP contribution in [-0.2, 0) is 11.2 Å². The molecular weight excluding hydrogens is 471 g/mol. The Kier molecular flexibility index (Phi) is 6.24. The number of aryl methyl sites for hydroxylation is 2. The number of nitrogens with zero attached hydrogens (tertiary/aromatic N) is 3. The molecule has 6 nitrogen and oxygen atoms in total. The SMILES string of the molecule is COc1cc(C=C2CCCN([C@@H]3CCc4cc(OC(F)(F)F)ccc43)C2=O)ccc1-n1cnc(C)c1. The van der Waals surface area contributed by atoms with Crippen LogP contribution in [-0.4, -0.2) is 40.4 Å². The maximum absolute atomic E-state index is 13.5. The highest BCUT2D eigenvalue weighted by molar-refractivity contribution is 5.99. The largest absolute Gasteiger partial charge is 0.573 e. The van der Waals surface area contributed by atoms with Crippen LogP contribution in [0.25, 0.3) is 11.8 Å². The second-order valence-electron chi connectivity index (χ2n) is 9.09. The molecule has 0 spiro atoms. The quantitative estimate of drug-likeness (QED) is 0.420. The number of carbonyl (C=O) groups is 1. The molecule has 1 aliphatic carbocycles. The lowest BCUT2D eigenvalue weighted by Gasteiger charge is -2.34. The number of aromatic nitrogens is 2. The van der Waals surface area contributed by atoms with E-state index in [2.05, 4.69) is 9.72 Å². The van der Waals surface area contributed by atoms with Crippen molar-refractivity contribution in [1.29, 1.82) is 0 Å². The molecule has 2 aromatic carbocycles. The zero-order valence-corrected chi connectivity index (χ0v) is 20.0. The zero-order chi connectivity index (χ0) is 25.4. The van der Waals surface area contributed by atoms with Crippen molar-refractivity contribution in [1.82, 2.24) is 14.5 Å². The molecular formula is C27H26F3N3O3. The number of ether oxygens (including phenoxy) is 2. The third-order valence-electron chi connectivity index (χ3n) is 6.69. The fourth-order valence-electron chi connectivity index (χ4n) is 5.11. The highest BCUT2D eigenvalue weighted by Gasteiger charge is 2.36. The number of fused-ring (bicyclic) bond motifs is 1. The van der Waals surface area contributed by atoms with E-state index in [0.717, 1.165) is 34.5 Å². The number of rotatable bonds is 5. The minimum absolute atomic E-state index is 0.0389. The predicted octanol–water partition coefficient (Wildman–Crippen LogP) is 5.78. The Balaban J connectivity index is 1.37. The normalized spacial score (nSPS) is 19.0. The van der Waals surface area contributed by atoms with Crippen LogP contribution in [0.5, 0.6) is 11.5 Å². The van der Waals surface area contributed by atoms with Crippen molar-refractivity contribution in [3.8, 4) is 17.2 Å². The van der Waals surface area contributed by atoms with E-state index in [0.29, 0.717) is 37.1 Å². The van der Waals surface area contributed by atoms with E-state index < -0.39 is 6.36 Å². The number of hydrogen-bond acceptors (Lipinski definition) is 4. The van der Waals surface area contributed by atoms with Gasteiger partial charge < -0.3 is 18.9 Å². The van der Waals surface area contributed by atoms with Crippen LogP contribution < -0.4 is 9.47 Å². The standard InChI is InChI=1S/C27H26F3N3O3/c1-17-15-32(16-31-17)24-9-5-18(13-25(24)35-2)12-20-4-3-11-33(26(20)34)23-10-6-19-14-21(7-8-22(19)23)36-27(28,29)30/h5,7-9,12-16,23H,3-4,6,10-11H2,1-2H3/t23-/m1/s1. The number of benzene rings is 2. The van der Waals surface area contributed by atoms with Gasteiger partial charge in [0.1, 0.15) is 11.5 Å². The number of halogens is 3. The second-order valence-corrected chi connectivity index (χ2v) is 9.09. The Bertz CT molecular complexity index is 1330. The van der Waals surface area contributed by atoms with Gasteiger partial charge in [0.25, 0.3) is 0 Å². The van der Waals surface area contributed by atoms with Crippen LogP contribution in [0.15, 0.2) is 54.5 Å². The lowest BCUT2D eigenvalue weighted by Crippen LogP contribution is -2.39. The van der Waals surface area contributed by atoms with Crippen molar-refractivity contribution in [2.75, 3.05) is 13.7 Å². The Labute approximate surface area is 207 Å². The molecule has 188 valence electrons. The van der Waals surface area contributed by atoms with E-state index in [9.17, 15) is 18.0 Å². The van der Waals surface area contributed by atoms with Gasteiger partial charge in [0.15, 0.2) is 0 Å². The van der Waals surface area contributed by atoms with Crippen LogP contribution in [0.1, 0.15) is 47.7 Å². The Morgan fingerprint density at radius 3 is 2.69 bits per heavy atom. The van der Waals surface area contributed by atoms with Gasteiger partial charge in [0.2, 0.25) is 5.91 Å². The summed E-state index contributed by atoms with van der Waals surface area (Å²) in [6, 6.07) is 10.0. The molecule has 1 atom stereocenters. The lowest BCUT2D eigenvalue weighted by molar-refractivity contribution is -0.274. The highest BCUT2D eigenvalue weighted by Crippen LogP contribution is 2.40. The molecule has 1 saturated heterocycles. The van der Waals surface area contributed by atoms with Crippen LogP contribution in [0.3, 0.4) is 0 Å². The number of likely N-dealkylation sites (tertiary alicyclic amines) is 1. The van der Waals surface area contributed by atoms with Crippen LogP contribution >= 0.6 is 0 Å². The van der Waals surface area contributed by atoms with Crippen molar-refractivity contribution >= 4 is 12.0 Å². The number of piperidine rings is 1. The van der Waals surface area contributed by atoms with Gasteiger partial charge in [0.05, 0.1) is 30.9 Å². The molecule has 2 aliphatic rings. The molecule has 1 aromatic heterocycles. The molecule has 0 bridgehead atoms. The average Bonchev–Trinajstić information content (AvgIpc) is 3.45. The topological polar surface area (TPSA) is 56.6 Å². The van der Waals surface area contributed by atoms with Crippen molar-refractivity contribution < 1.29 is 27.4 Å². The minimum atomic E-state index is -4.73. The minimum Gasteiger partial charge on any atom is -0.495 e. The third kappa shape index (κ3) is 4.82. The van der Waals surface area contributed by atoms with Crippen molar-refractivity contribution in [3.63, 3.8) is 0 Å². The first-order valence-corrected chi connectivity index (χ1v) is 11.8. The van der Waals surface area contributed by atoms with E-state index in [1.165, 1.54) is 12.1 Å². The summed E-state index contributed by atoms with van der Waals surface area (Å²) in [5.74, 6) is 0.405. The first-order chi connectivity index (χ1) is 17.2. The van der Waals surface area contributed by atoms with E-state index >= 15 is 0 Å². The lowest BCUT2D eigenvalue weighted by atomic mass is 9.97. The van der Waals surface area contributed by atoms with Gasteiger partial charge in [-0.25, -0.2) is 4.98 Å². The monoisotopic (exact) mass is 497 g/mol. The molecule has 0 radical (unpaired) electrons. The van der Waals surface area contributed by atoms with Gasteiger partial charge >= 0.3 is 6.36 Å². The maximum atomic E-state index is 13.5. The third-order valence-corrected chi connectivity index (χ3v) is 6.69. The summed E-state index contributed by atoms with van der Waals surface area (Å²) < 4.78 is 49.3. The molecule has 5 rings (SSSR count). The fourth-order valence-corrected chi connectivity index (χ4v) is 5.11. The fraction of sp³-hybridized carbons (Fsp3) is 0.333. The maximum Gasteiger partial charge on any atom is 0.573 e. The zero-order valence-electron chi connectivity index (χ0n) is 20.0. The van der Waals surface area contributed by atoms with Gasteiger partial charge in [-0.15, -0.1) is 13.2 Å². The van der Waals surface area contributed by atoms with Gasteiger partial charge in [-0.1, -0.05) is 12.1 Å². The van der Waals surface area contributed by atoms with Crippen molar-refractivity contribution in [3.05, 3.63) is 76.9 Å². The summed E-state index contributed by atoms with van der Waals surface area (Å²) in [7, 11) is 1.61. The summed E-state index contributed by atoms with van der Waals surface area (Å²) in [4.78, 5) is 19.6. The smallest absolute Gasteiger partial charge is 0.495 e. The summed E-state index contributed by atoms with van der Waals surface area (Å²) in [5, 5.41) is 0. The second kappa shape index (κ2) is 9.37. The van der Waals surface area contributed by atoms with Crippen LogP contribution in [0.4, 0.5) is 13.2 Å². The Hall–Kier alpha value is -3.75. The number of imidazole rings is 1. The summed E-state index contributed by atoms with van der Waals surface area (Å²) in [6.45, 7) is 2.53. The Morgan fingerprint density at radius 1 is 1.14 bits per heavy atom. The number of amides is 1. The van der Waals surface area contributed by atoms with E-state index in [-0.39, 0.29) is 17.7 Å². The number of hydrogen-bond donors (Lipinski definition) is 0. The summed E-state index contributed by atoms with van der Waals surface area (Å²) in [5.41, 5.74) is 5.00. The van der Waals surface area contributed by atoms with Crippen molar-refractivity contribution in [2.24, 2.45) is 0 Å². The van der Waals surface area contributed by atoms with Gasteiger partial charge in [-0.3, -0.25) is 4.79 Å². The molecule has 36 heavy (non-hydrogen) atoms. The Morgan fingerprint density at radius 2 is 1.97 bits per heavy atom. The molecule has 0 N–H and O–H groups in total. The number of methoxy groups -OCH3 is 1. The first-order valence-electron chi connectivity index (χ1n) is 11.8. The van der Waals surface area contributed by atoms with E-state index in [4.69, 9.17) is 4.74 Å². The van der Waals surface area contributed by atoms with Gasteiger partial charge in [0, 0.05) is 18.3 Å². The van der Waals surface area contributed by atoms with Gasteiger partial charge in [-0.2, -0.15) is 0 Å². The summed E-state index contributed by atoms with van der Waals surface area (Å²) in [6.07, 6.45) is 3.58. The van der Waals surface area contributed by atoms with E-state index in [1.807, 2.05) is 46.9 Å². The first kappa shape index (κ1) is 24.0. The molecule has 0 saturated carbocycles.